The average molecular weight is 217 g/mol. The van der Waals surface area contributed by atoms with Crippen molar-refractivity contribution < 1.29 is 4.74 Å². The van der Waals surface area contributed by atoms with E-state index in [1.54, 1.807) is 11.9 Å². The zero-order valence-corrected chi connectivity index (χ0v) is 10.9. The van der Waals surface area contributed by atoms with Crippen LogP contribution in [0.15, 0.2) is 4.40 Å². The van der Waals surface area contributed by atoms with Gasteiger partial charge in [0.1, 0.15) is 0 Å². The Hall–Kier alpha value is -0.0200. The first kappa shape index (κ1) is 14.0. The standard InChI is InChI=1S/C11H23NOS/c1-6-7-8-13-10(2)9-12-14-11(3,4)5/h9-10H,6-8H2,1-5H3/t10-/m0/s1. The van der Waals surface area contributed by atoms with Crippen molar-refractivity contribution in [1.29, 1.82) is 0 Å². The number of hydrogen-bond donors (Lipinski definition) is 0. The molecule has 0 fully saturated rings. The van der Waals surface area contributed by atoms with Crippen molar-refractivity contribution in [2.75, 3.05) is 6.61 Å². The van der Waals surface area contributed by atoms with E-state index >= 15 is 0 Å². The predicted molar refractivity (Wildman–Crippen MR) is 66.2 cm³/mol. The molecule has 0 unspecified atom stereocenters. The summed E-state index contributed by atoms with van der Waals surface area (Å²) in [6.45, 7) is 11.5. The van der Waals surface area contributed by atoms with Crippen LogP contribution in [0.1, 0.15) is 47.5 Å². The van der Waals surface area contributed by atoms with Crippen LogP contribution >= 0.6 is 11.9 Å². The van der Waals surface area contributed by atoms with E-state index in [0.717, 1.165) is 13.0 Å². The van der Waals surface area contributed by atoms with Gasteiger partial charge in [-0.2, -0.15) is 0 Å². The lowest BCUT2D eigenvalue weighted by Crippen LogP contribution is -2.11. The Kier molecular flexibility index (Phi) is 7.28. The number of rotatable bonds is 6. The van der Waals surface area contributed by atoms with Gasteiger partial charge in [-0.1, -0.05) is 13.3 Å². The van der Waals surface area contributed by atoms with Gasteiger partial charge in [0.2, 0.25) is 0 Å². The first-order valence-corrected chi connectivity index (χ1v) is 6.06. The molecule has 0 heterocycles. The second-order valence-electron chi connectivity index (χ2n) is 4.39. The molecule has 0 aliphatic heterocycles. The molecular weight excluding hydrogens is 194 g/mol. The van der Waals surface area contributed by atoms with Crippen molar-refractivity contribution in [3.63, 3.8) is 0 Å². The monoisotopic (exact) mass is 217 g/mol. The van der Waals surface area contributed by atoms with Crippen LogP contribution in [0, 0.1) is 0 Å². The third-order valence-electron chi connectivity index (χ3n) is 1.48. The van der Waals surface area contributed by atoms with Crippen molar-refractivity contribution in [2.24, 2.45) is 4.40 Å². The second kappa shape index (κ2) is 7.30. The molecule has 3 heteroatoms. The summed E-state index contributed by atoms with van der Waals surface area (Å²) in [6, 6.07) is 0. The molecule has 0 amide bonds. The maximum Gasteiger partial charge on any atom is 0.0904 e. The predicted octanol–water partition coefficient (Wildman–Crippen LogP) is 3.71. The van der Waals surface area contributed by atoms with E-state index in [-0.39, 0.29) is 10.9 Å². The maximum atomic E-state index is 5.53. The van der Waals surface area contributed by atoms with Crippen LogP contribution in [0.25, 0.3) is 0 Å². The summed E-state index contributed by atoms with van der Waals surface area (Å²) >= 11 is 1.59. The summed E-state index contributed by atoms with van der Waals surface area (Å²) in [5, 5.41) is 0. The van der Waals surface area contributed by atoms with Gasteiger partial charge in [0.05, 0.1) is 6.10 Å². The highest BCUT2D eigenvalue weighted by Crippen LogP contribution is 2.23. The van der Waals surface area contributed by atoms with Crippen LogP contribution in [0.4, 0.5) is 0 Å². The van der Waals surface area contributed by atoms with Crippen molar-refractivity contribution in [3.8, 4) is 0 Å². The van der Waals surface area contributed by atoms with Gasteiger partial charge in [-0.25, -0.2) is 4.40 Å². The Bertz CT molecular complexity index is 163. The number of ether oxygens (including phenoxy) is 1. The summed E-state index contributed by atoms with van der Waals surface area (Å²) in [6.07, 6.45) is 4.33. The van der Waals surface area contributed by atoms with Crippen LogP contribution in [-0.2, 0) is 4.74 Å². The molecule has 0 saturated heterocycles. The van der Waals surface area contributed by atoms with Crippen molar-refractivity contribution in [2.45, 2.75) is 58.3 Å². The molecule has 2 nitrogen and oxygen atoms in total. The Morgan fingerprint density at radius 3 is 2.57 bits per heavy atom. The van der Waals surface area contributed by atoms with Crippen LogP contribution in [-0.4, -0.2) is 23.7 Å². The fourth-order valence-corrected chi connectivity index (χ4v) is 1.28. The zero-order chi connectivity index (χ0) is 11.0. The molecule has 0 bridgehead atoms. The lowest BCUT2D eigenvalue weighted by Gasteiger charge is -2.13. The van der Waals surface area contributed by atoms with E-state index in [1.165, 1.54) is 6.42 Å². The van der Waals surface area contributed by atoms with E-state index in [4.69, 9.17) is 4.74 Å². The average Bonchev–Trinajstić information content (AvgIpc) is 2.02. The Labute approximate surface area is 92.7 Å². The zero-order valence-electron chi connectivity index (χ0n) is 10.0. The molecule has 0 aromatic rings. The topological polar surface area (TPSA) is 21.6 Å². The number of hydrogen-bond acceptors (Lipinski definition) is 3. The van der Waals surface area contributed by atoms with E-state index in [1.807, 2.05) is 13.1 Å². The minimum absolute atomic E-state index is 0.136. The maximum absolute atomic E-state index is 5.53. The van der Waals surface area contributed by atoms with E-state index < -0.39 is 0 Å². The van der Waals surface area contributed by atoms with Gasteiger partial charge in [-0.3, -0.25) is 0 Å². The Morgan fingerprint density at radius 2 is 2.07 bits per heavy atom. The van der Waals surface area contributed by atoms with Crippen LogP contribution in [0.2, 0.25) is 0 Å². The van der Waals surface area contributed by atoms with Gasteiger partial charge in [-0.05, 0) is 46.1 Å². The highest BCUT2D eigenvalue weighted by atomic mass is 32.2. The van der Waals surface area contributed by atoms with Gasteiger partial charge in [-0.15, -0.1) is 0 Å². The number of nitrogens with zero attached hydrogens (tertiary/aromatic N) is 1. The third kappa shape index (κ3) is 10.1. The normalized spacial score (nSPS) is 14.9. The quantitative estimate of drug-likeness (QED) is 0.384. The Morgan fingerprint density at radius 1 is 1.43 bits per heavy atom. The van der Waals surface area contributed by atoms with Gasteiger partial charge in [0.25, 0.3) is 0 Å². The first-order chi connectivity index (χ1) is 6.45. The second-order valence-corrected chi connectivity index (χ2v) is 6.01. The lowest BCUT2D eigenvalue weighted by atomic mass is 10.3. The molecule has 0 aliphatic rings. The molecule has 0 spiro atoms. The molecule has 0 radical (unpaired) electrons. The highest BCUT2D eigenvalue weighted by molar-refractivity contribution is 7.99. The van der Waals surface area contributed by atoms with E-state index in [2.05, 4.69) is 32.1 Å². The fourth-order valence-electron chi connectivity index (χ4n) is 0.731. The summed E-state index contributed by atoms with van der Waals surface area (Å²) in [5.41, 5.74) is 0. The first-order valence-electron chi connectivity index (χ1n) is 5.29. The van der Waals surface area contributed by atoms with Crippen molar-refractivity contribution in [3.05, 3.63) is 0 Å². The summed E-state index contributed by atoms with van der Waals surface area (Å²) in [5.74, 6) is 0. The van der Waals surface area contributed by atoms with Gasteiger partial charge >= 0.3 is 0 Å². The summed E-state index contributed by atoms with van der Waals surface area (Å²) in [4.78, 5) is 0. The molecule has 0 rings (SSSR count). The van der Waals surface area contributed by atoms with Crippen LogP contribution < -0.4 is 0 Å². The van der Waals surface area contributed by atoms with Crippen LogP contribution in [0.3, 0.4) is 0 Å². The molecular formula is C11H23NOS. The lowest BCUT2D eigenvalue weighted by molar-refractivity contribution is 0.110. The largest absolute Gasteiger partial charge is 0.373 e. The Balaban J connectivity index is 3.55. The molecule has 0 aliphatic carbocycles. The molecule has 1 atom stereocenters. The van der Waals surface area contributed by atoms with Crippen LogP contribution in [0.5, 0.6) is 0 Å². The van der Waals surface area contributed by atoms with Crippen molar-refractivity contribution in [1.82, 2.24) is 0 Å². The van der Waals surface area contributed by atoms with Crippen molar-refractivity contribution >= 4 is 18.2 Å². The third-order valence-corrected chi connectivity index (χ3v) is 2.25. The summed E-state index contributed by atoms with van der Waals surface area (Å²) < 4.78 is 10.0. The summed E-state index contributed by atoms with van der Waals surface area (Å²) in [7, 11) is 0. The molecule has 84 valence electrons. The smallest absolute Gasteiger partial charge is 0.0904 e. The molecule has 14 heavy (non-hydrogen) atoms. The number of unbranched alkanes of at least 4 members (excludes halogenated alkanes) is 1. The van der Waals surface area contributed by atoms with E-state index in [0.29, 0.717) is 0 Å². The van der Waals surface area contributed by atoms with E-state index in [9.17, 15) is 0 Å². The SMILES string of the molecule is CCCCO[C@@H](C)C=NSC(C)(C)C. The highest BCUT2D eigenvalue weighted by Gasteiger charge is 2.09. The fraction of sp³-hybridized carbons (Fsp3) is 0.909. The molecule has 0 N–H and O–H groups in total. The molecule has 0 aromatic heterocycles. The minimum Gasteiger partial charge on any atom is -0.373 e. The minimum atomic E-state index is 0.136. The molecule has 0 saturated carbocycles. The molecule has 0 aromatic carbocycles. The van der Waals surface area contributed by atoms with Gasteiger partial charge < -0.3 is 4.74 Å². The van der Waals surface area contributed by atoms with Gasteiger partial charge in [0.15, 0.2) is 0 Å². The van der Waals surface area contributed by atoms with Gasteiger partial charge in [0, 0.05) is 17.6 Å².